The highest BCUT2D eigenvalue weighted by Crippen LogP contribution is 2.29. The summed E-state index contributed by atoms with van der Waals surface area (Å²) in [6.07, 6.45) is 2.40. The molecule has 5 heteroatoms. The summed E-state index contributed by atoms with van der Waals surface area (Å²) in [4.78, 5) is 14.7. The highest BCUT2D eigenvalue weighted by molar-refractivity contribution is 6.31. The van der Waals surface area contributed by atoms with Crippen molar-refractivity contribution in [3.8, 4) is 0 Å². The Bertz CT molecular complexity index is 678. The normalized spacial score (nSPS) is 17.0. The van der Waals surface area contributed by atoms with Crippen LogP contribution in [0.4, 0.5) is 0 Å². The van der Waals surface area contributed by atoms with Crippen LogP contribution in [0.3, 0.4) is 0 Å². The maximum Gasteiger partial charge on any atom is 0.223 e. The molecule has 1 heterocycles. The number of halogens is 2. The number of hydrogen-bond acceptors (Lipinski definition) is 2. The lowest BCUT2D eigenvalue weighted by atomic mass is 10.0. The van der Waals surface area contributed by atoms with Crippen molar-refractivity contribution in [3.05, 3.63) is 70.7 Å². The van der Waals surface area contributed by atoms with E-state index in [2.05, 4.69) is 17.4 Å². The van der Waals surface area contributed by atoms with Crippen LogP contribution in [0.25, 0.3) is 0 Å². The summed E-state index contributed by atoms with van der Waals surface area (Å²) >= 11 is 6.35. The second-order valence-corrected chi connectivity index (χ2v) is 6.57. The number of carbonyl (C=O) groups is 1. The molecule has 1 aliphatic heterocycles. The van der Waals surface area contributed by atoms with Gasteiger partial charge in [0.1, 0.15) is 0 Å². The second kappa shape index (κ2) is 9.81. The molecule has 0 aliphatic carbocycles. The molecule has 1 fully saturated rings. The number of nitrogens with zero attached hydrogens (tertiary/aromatic N) is 1. The quantitative estimate of drug-likeness (QED) is 0.842. The monoisotopic (exact) mass is 378 g/mol. The predicted octanol–water partition coefficient (Wildman–Crippen LogP) is 4.26. The molecular formula is C20H24Cl2N2O. The first kappa shape index (κ1) is 19.8. The Balaban J connectivity index is 0.00000225. The van der Waals surface area contributed by atoms with E-state index in [1.165, 1.54) is 5.56 Å². The Kier molecular flexibility index (Phi) is 7.76. The fourth-order valence-corrected chi connectivity index (χ4v) is 3.52. The number of aryl methyl sites for hydroxylation is 1. The summed E-state index contributed by atoms with van der Waals surface area (Å²) in [6, 6.07) is 18.2. The van der Waals surface area contributed by atoms with Gasteiger partial charge in [-0.1, -0.05) is 60.1 Å². The number of amides is 1. The lowest BCUT2D eigenvalue weighted by Gasteiger charge is -2.37. The molecule has 1 amide bonds. The van der Waals surface area contributed by atoms with Gasteiger partial charge in [0.2, 0.25) is 5.91 Å². The van der Waals surface area contributed by atoms with E-state index < -0.39 is 0 Å². The van der Waals surface area contributed by atoms with Gasteiger partial charge in [0, 0.05) is 31.1 Å². The molecule has 1 N–H and O–H groups in total. The molecule has 1 saturated heterocycles. The van der Waals surface area contributed by atoms with E-state index in [1.54, 1.807) is 0 Å². The minimum Gasteiger partial charge on any atom is -0.333 e. The molecule has 1 atom stereocenters. The molecule has 2 aromatic rings. The van der Waals surface area contributed by atoms with E-state index in [9.17, 15) is 4.79 Å². The van der Waals surface area contributed by atoms with Crippen molar-refractivity contribution in [2.75, 3.05) is 19.6 Å². The number of piperazine rings is 1. The molecule has 2 aromatic carbocycles. The summed E-state index contributed by atoms with van der Waals surface area (Å²) < 4.78 is 0. The van der Waals surface area contributed by atoms with Crippen molar-refractivity contribution in [2.24, 2.45) is 0 Å². The van der Waals surface area contributed by atoms with Gasteiger partial charge in [-0.2, -0.15) is 0 Å². The lowest BCUT2D eigenvalue weighted by Crippen LogP contribution is -2.48. The Morgan fingerprint density at radius 3 is 2.60 bits per heavy atom. The van der Waals surface area contributed by atoms with E-state index in [0.29, 0.717) is 6.42 Å². The predicted molar refractivity (Wildman–Crippen MR) is 105 cm³/mol. The fourth-order valence-electron chi connectivity index (χ4n) is 3.26. The van der Waals surface area contributed by atoms with Gasteiger partial charge in [-0.05, 0) is 30.0 Å². The molecule has 1 unspecified atom stereocenters. The van der Waals surface area contributed by atoms with Crippen LogP contribution in [-0.4, -0.2) is 30.4 Å². The highest BCUT2D eigenvalue weighted by Gasteiger charge is 2.28. The molecule has 0 saturated carbocycles. The number of nitrogens with one attached hydrogen (secondary N) is 1. The van der Waals surface area contributed by atoms with Crippen molar-refractivity contribution in [1.29, 1.82) is 0 Å². The standard InChI is InChI=1S/C20H23ClN2O.ClH/c21-18-11-5-4-10-17(18)19-15-22-13-14-23(19)20(24)12-6-9-16-7-2-1-3-8-16;/h1-5,7-8,10-11,19,22H,6,9,12-15H2;1H. The maximum absolute atomic E-state index is 12.7. The Morgan fingerprint density at radius 2 is 1.84 bits per heavy atom. The van der Waals surface area contributed by atoms with Crippen molar-refractivity contribution < 1.29 is 4.79 Å². The largest absolute Gasteiger partial charge is 0.333 e. The minimum atomic E-state index is 0. The third kappa shape index (κ3) is 5.21. The third-order valence-electron chi connectivity index (χ3n) is 4.53. The maximum atomic E-state index is 12.7. The average Bonchev–Trinajstić information content (AvgIpc) is 2.63. The van der Waals surface area contributed by atoms with Crippen molar-refractivity contribution >= 4 is 29.9 Å². The molecule has 3 rings (SSSR count). The molecule has 0 spiro atoms. The van der Waals surface area contributed by atoms with E-state index in [1.807, 2.05) is 47.4 Å². The van der Waals surface area contributed by atoms with Crippen LogP contribution < -0.4 is 5.32 Å². The highest BCUT2D eigenvalue weighted by atomic mass is 35.5. The van der Waals surface area contributed by atoms with Gasteiger partial charge >= 0.3 is 0 Å². The summed E-state index contributed by atoms with van der Waals surface area (Å²) in [5.74, 6) is 0.220. The van der Waals surface area contributed by atoms with Crippen LogP contribution in [0, 0.1) is 0 Å². The van der Waals surface area contributed by atoms with Gasteiger partial charge < -0.3 is 10.2 Å². The van der Waals surface area contributed by atoms with Crippen LogP contribution in [0.15, 0.2) is 54.6 Å². The van der Waals surface area contributed by atoms with Crippen LogP contribution in [-0.2, 0) is 11.2 Å². The second-order valence-electron chi connectivity index (χ2n) is 6.17. The molecule has 134 valence electrons. The molecule has 3 nitrogen and oxygen atoms in total. The van der Waals surface area contributed by atoms with E-state index >= 15 is 0 Å². The third-order valence-corrected chi connectivity index (χ3v) is 4.87. The first-order valence-corrected chi connectivity index (χ1v) is 8.92. The van der Waals surface area contributed by atoms with Gasteiger partial charge in [0.05, 0.1) is 6.04 Å². The average molecular weight is 379 g/mol. The van der Waals surface area contributed by atoms with Crippen LogP contribution in [0.1, 0.15) is 30.0 Å². The summed E-state index contributed by atoms with van der Waals surface area (Å²) in [7, 11) is 0. The van der Waals surface area contributed by atoms with Crippen LogP contribution in [0.5, 0.6) is 0 Å². The molecule has 0 bridgehead atoms. The summed E-state index contributed by atoms with van der Waals surface area (Å²) in [6.45, 7) is 2.33. The first-order valence-electron chi connectivity index (χ1n) is 8.54. The van der Waals surface area contributed by atoms with E-state index in [0.717, 1.165) is 43.1 Å². The lowest BCUT2D eigenvalue weighted by molar-refractivity contribution is -0.134. The van der Waals surface area contributed by atoms with Gasteiger partial charge in [-0.25, -0.2) is 0 Å². The van der Waals surface area contributed by atoms with E-state index in [4.69, 9.17) is 11.6 Å². The van der Waals surface area contributed by atoms with Crippen molar-refractivity contribution in [2.45, 2.75) is 25.3 Å². The molecule has 1 aliphatic rings. The molecular weight excluding hydrogens is 355 g/mol. The number of hydrogen-bond donors (Lipinski definition) is 1. The first-order chi connectivity index (χ1) is 11.8. The number of benzene rings is 2. The van der Waals surface area contributed by atoms with E-state index in [-0.39, 0.29) is 24.4 Å². The summed E-state index contributed by atoms with van der Waals surface area (Å²) in [5, 5.41) is 4.10. The van der Waals surface area contributed by atoms with Crippen molar-refractivity contribution in [1.82, 2.24) is 10.2 Å². The number of carbonyl (C=O) groups excluding carboxylic acids is 1. The van der Waals surface area contributed by atoms with Crippen LogP contribution >= 0.6 is 24.0 Å². The SMILES string of the molecule is Cl.O=C(CCCc1ccccc1)N1CCNCC1c1ccccc1Cl. The zero-order valence-corrected chi connectivity index (χ0v) is 15.7. The Hall–Kier alpha value is -1.55. The molecule has 25 heavy (non-hydrogen) atoms. The zero-order valence-electron chi connectivity index (χ0n) is 14.2. The zero-order chi connectivity index (χ0) is 16.8. The van der Waals surface area contributed by atoms with Gasteiger partial charge in [-0.15, -0.1) is 12.4 Å². The molecule has 0 radical (unpaired) electrons. The topological polar surface area (TPSA) is 32.3 Å². The Morgan fingerprint density at radius 1 is 1.12 bits per heavy atom. The minimum absolute atomic E-state index is 0. The van der Waals surface area contributed by atoms with Crippen LogP contribution in [0.2, 0.25) is 5.02 Å². The van der Waals surface area contributed by atoms with Gasteiger partial charge in [-0.3, -0.25) is 4.79 Å². The molecule has 0 aromatic heterocycles. The number of rotatable bonds is 5. The van der Waals surface area contributed by atoms with Crippen molar-refractivity contribution in [3.63, 3.8) is 0 Å². The fraction of sp³-hybridized carbons (Fsp3) is 0.350. The van der Waals surface area contributed by atoms with Gasteiger partial charge in [0.15, 0.2) is 0 Å². The summed E-state index contributed by atoms with van der Waals surface area (Å²) in [5.41, 5.74) is 2.32. The smallest absolute Gasteiger partial charge is 0.223 e. The van der Waals surface area contributed by atoms with Gasteiger partial charge in [0.25, 0.3) is 0 Å². The Labute approximate surface area is 160 Å².